The zero-order valence-electron chi connectivity index (χ0n) is 12.7. The maximum Gasteiger partial charge on any atom is 0.130 e. The molecule has 1 aromatic carbocycles. The average molecular weight is 286 g/mol. The molecule has 1 N–H and O–H groups in total. The number of aryl methyl sites for hydroxylation is 3. The second-order valence-corrected chi connectivity index (χ2v) is 5.50. The van der Waals surface area contributed by atoms with Crippen molar-refractivity contribution in [2.24, 2.45) is 0 Å². The van der Waals surface area contributed by atoms with Crippen molar-refractivity contribution in [2.45, 2.75) is 52.4 Å². The average Bonchev–Trinajstić information content (AvgIpc) is 3.08. The minimum absolute atomic E-state index is 0.303. The molecular formula is C17H22N2O2. The van der Waals surface area contributed by atoms with Gasteiger partial charge in [-0.05, 0) is 55.5 Å². The quantitative estimate of drug-likeness (QED) is 0.919. The van der Waals surface area contributed by atoms with E-state index in [-0.39, 0.29) is 6.10 Å². The minimum atomic E-state index is -0.303. The molecule has 0 unspecified atom stereocenters. The van der Waals surface area contributed by atoms with Crippen LogP contribution in [0.3, 0.4) is 0 Å². The van der Waals surface area contributed by atoms with Gasteiger partial charge in [0.1, 0.15) is 12.4 Å². The number of hydrogen-bond acceptors (Lipinski definition) is 3. The fourth-order valence-corrected chi connectivity index (χ4v) is 2.90. The molecule has 1 aliphatic carbocycles. The van der Waals surface area contributed by atoms with Crippen LogP contribution >= 0.6 is 0 Å². The minimum Gasteiger partial charge on any atom is -0.487 e. The van der Waals surface area contributed by atoms with Gasteiger partial charge >= 0.3 is 0 Å². The predicted octanol–water partition coefficient (Wildman–Crippen LogP) is 3.02. The largest absolute Gasteiger partial charge is 0.487 e. The summed E-state index contributed by atoms with van der Waals surface area (Å²) in [7, 11) is 0. The number of rotatable bonds is 5. The molecule has 0 saturated heterocycles. The Morgan fingerprint density at radius 1 is 1.33 bits per heavy atom. The molecule has 2 aromatic rings. The van der Waals surface area contributed by atoms with Crippen LogP contribution in [0.1, 0.15) is 48.9 Å². The SMILES string of the molecule is CCc1cc(COc2ccc3c(c2)CC[C@@H]3O)n(CC)n1. The lowest BCUT2D eigenvalue weighted by atomic mass is 10.1. The normalized spacial score (nSPS) is 17.0. The van der Waals surface area contributed by atoms with Crippen molar-refractivity contribution in [3.63, 3.8) is 0 Å². The van der Waals surface area contributed by atoms with Gasteiger partial charge in [0, 0.05) is 6.54 Å². The van der Waals surface area contributed by atoms with Gasteiger partial charge in [-0.25, -0.2) is 0 Å². The van der Waals surface area contributed by atoms with Crippen molar-refractivity contribution in [1.29, 1.82) is 0 Å². The number of ether oxygens (including phenoxy) is 1. The lowest BCUT2D eigenvalue weighted by Crippen LogP contribution is -2.06. The topological polar surface area (TPSA) is 47.3 Å². The van der Waals surface area contributed by atoms with Crippen LogP contribution < -0.4 is 4.74 Å². The monoisotopic (exact) mass is 286 g/mol. The van der Waals surface area contributed by atoms with Crippen molar-refractivity contribution < 1.29 is 9.84 Å². The second kappa shape index (κ2) is 5.90. The van der Waals surface area contributed by atoms with Crippen molar-refractivity contribution in [1.82, 2.24) is 9.78 Å². The standard InChI is InChI=1S/C17H22N2O2/c1-3-13-10-14(19(4-2)18-13)11-21-15-6-7-16-12(9-15)5-8-17(16)20/h6-7,9-10,17,20H,3-5,8,11H2,1-2H3/t17-/m0/s1. The van der Waals surface area contributed by atoms with E-state index in [0.717, 1.165) is 48.5 Å². The Balaban J connectivity index is 1.72. The molecule has 0 aliphatic heterocycles. The van der Waals surface area contributed by atoms with Gasteiger partial charge < -0.3 is 9.84 Å². The van der Waals surface area contributed by atoms with E-state index in [2.05, 4.69) is 31.1 Å². The summed E-state index contributed by atoms with van der Waals surface area (Å²) in [4.78, 5) is 0. The first-order valence-electron chi connectivity index (χ1n) is 7.70. The summed E-state index contributed by atoms with van der Waals surface area (Å²) in [6, 6.07) is 8.09. The van der Waals surface area contributed by atoms with Crippen molar-refractivity contribution in [3.8, 4) is 5.75 Å². The maximum atomic E-state index is 9.83. The van der Waals surface area contributed by atoms with Crippen LogP contribution in [0.4, 0.5) is 0 Å². The lowest BCUT2D eigenvalue weighted by molar-refractivity contribution is 0.180. The molecule has 3 rings (SSSR count). The molecule has 1 aromatic heterocycles. The van der Waals surface area contributed by atoms with E-state index in [9.17, 15) is 5.11 Å². The zero-order valence-corrected chi connectivity index (χ0v) is 12.7. The van der Waals surface area contributed by atoms with E-state index in [0.29, 0.717) is 6.61 Å². The first-order valence-corrected chi connectivity index (χ1v) is 7.70. The molecule has 0 bridgehead atoms. The predicted molar refractivity (Wildman–Crippen MR) is 81.3 cm³/mol. The molecule has 21 heavy (non-hydrogen) atoms. The summed E-state index contributed by atoms with van der Waals surface area (Å²) in [6.07, 6.45) is 2.39. The van der Waals surface area contributed by atoms with Crippen molar-refractivity contribution in [3.05, 3.63) is 46.8 Å². The maximum absolute atomic E-state index is 9.83. The number of hydrogen-bond donors (Lipinski definition) is 1. The number of fused-ring (bicyclic) bond motifs is 1. The van der Waals surface area contributed by atoms with Gasteiger partial charge in [0.05, 0.1) is 17.5 Å². The first kappa shape index (κ1) is 14.1. The summed E-state index contributed by atoms with van der Waals surface area (Å²) < 4.78 is 7.91. The van der Waals surface area contributed by atoms with E-state index >= 15 is 0 Å². The molecule has 0 spiro atoms. The summed E-state index contributed by atoms with van der Waals surface area (Å²) in [5.74, 6) is 0.866. The van der Waals surface area contributed by atoms with E-state index in [4.69, 9.17) is 4.74 Å². The highest BCUT2D eigenvalue weighted by Crippen LogP contribution is 2.33. The van der Waals surface area contributed by atoms with Gasteiger partial charge in [-0.1, -0.05) is 13.0 Å². The zero-order chi connectivity index (χ0) is 14.8. The van der Waals surface area contributed by atoms with Crippen molar-refractivity contribution in [2.75, 3.05) is 0 Å². The lowest BCUT2D eigenvalue weighted by Gasteiger charge is -2.10. The molecule has 0 fully saturated rings. The molecule has 112 valence electrons. The molecule has 0 amide bonds. The van der Waals surface area contributed by atoms with Crippen LogP contribution in [-0.4, -0.2) is 14.9 Å². The molecule has 0 saturated carbocycles. The summed E-state index contributed by atoms with van der Waals surface area (Å²) in [5.41, 5.74) is 4.47. The Kier molecular flexibility index (Phi) is 3.97. The van der Waals surface area contributed by atoms with E-state index in [1.807, 2.05) is 16.8 Å². The van der Waals surface area contributed by atoms with Gasteiger partial charge in [-0.2, -0.15) is 5.10 Å². The highest BCUT2D eigenvalue weighted by molar-refractivity contribution is 5.39. The van der Waals surface area contributed by atoms with Gasteiger partial charge in [0.25, 0.3) is 0 Å². The van der Waals surface area contributed by atoms with Gasteiger partial charge in [0.2, 0.25) is 0 Å². The fraction of sp³-hybridized carbons (Fsp3) is 0.471. The number of nitrogens with zero attached hydrogens (tertiary/aromatic N) is 2. The van der Waals surface area contributed by atoms with Crippen LogP contribution in [0.5, 0.6) is 5.75 Å². The molecule has 1 heterocycles. The third-order valence-corrected chi connectivity index (χ3v) is 4.12. The Labute approximate surface area is 125 Å². The van der Waals surface area contributed by atoms with Crippen molar-refractivity contribution >= 4 is 0 Å². The van der Waals surface area contributed by atoms with Crippen LogP contribution in [-0.2, 0) is 26.0 Å². The summed E-state index contributed by atoms with van der Waals surface area (Å²) >= 11 is 0. The van der Waals surface area contributed by atoms with E-state index in [1.165, 1.54) is 5.56 Å². The van der Waals surface area contributed by atoms with Crippen LogP contribution in [0.2, 0.25) is 0 Å². The van der Waals surface area contributed by atoms with Gasteiger partial charge in [-0.15, -0.1) is 0 Å². The first-order chi connectivity index (χ1) is 10.2. The van der Waals surface area contributed by atoms with E-state index in [1.54, 1.807) is 0 Å². The summed E-state index contributed by atoms with van der Waals surface area (Å²) in [5, 5.41) is 14.4. The molecule has 0 radical (unpaired) electrons. The molecule has 4 heteroatoms. The molecule has 1 atom stereocenters. The molecular weight excluding hydrogens is 264 g/mol. The smallest absolute Gasteiger partial charge is 0.130 e. The highest BCUT2D eigenvalue weighted by atomic mass is 16.5. The highest BCUT2D eigenvalue weighted by Gasteiger charge is 2.20. The second-order valence-electron chi connectivity index (χ2n) is 5.50. The van der Waals surface area contributed by atoms with Crippen LogP contribution in [0, 0.1) is 0 Å². The number of aliphatic hydroxyl groups excluding tert-OH is 1. The third kappa shape index (κ3) is 2.81. The Morgan fingerprint density at radius 3 is 2.95 bits per heavy atom. The Hall–Kier alpha value is -1.81. The Bertz CT molecular complexity index is 634. The van der Waals surface area contributed by atoms with Crippen LogP contribution in [0.15, 0.2) is 24.3 Å². The Morgan fingerprint density at radius 2 is 2.19 bits per heavy atom. The van der Waals surface area contributed by atoms with Gasteiger partial charge in [-0.3, -0.25) is 4.68 Å². The number of aliphatic hydroxyl groups is 1. The van der Waals surface area contributed by atoms with E-state index < -0.39 is 0 Å². The number of benzene rings is 1. The molecule has 4 nitrogen and oxygen atoms in total. The third-order valence-electron chi connectivity index (χ3n) is 4.12. The molecule has 1 aliphatic rings. The fourth-order valence-electron chi connectivity index (χ4n) is 2.90. The summed E-state index contributed by atoms with van der Waals surface area (Å²) in [6.45, 7) is 5.59. The van der Waals surface area contributed by atoms with Crippen LogP contribution in [0.25, 0.3) is 0 Å². The number of aromatic nitrogens is 2. The van der Waals surface area contributed by atoms with Gasteiger partial charge in [0.15, 0.2) is 0 Å².